The van der Waals surface area contributed by atoms with E-state index in [1.54, 1.807) is 12.1 Å². The van der Waals surface area contributed by atoms with Gasteiger partial charge in [-0.2, -0.15) is 0 Å². The molecule has 1 fully saturated rings. The molecule has 180 valence electrons. The number of carboxylic acid groups (broad SMARTS) is 1. The van der Waals surface area contributed by atoms with Crippen LogP contribution in [0.3, 0.4) is 0 Å². The molecule has 1 heterocycles. The van der Waals surface area contributed by atoms with Crippen LogP contribution in [-0.4, -0.2) is 48.5 Å². The predicted molar refractivity (Wildman–Crippen MR) is 130 cm³/mol. The summed E-state index contributed by atoms with van der Waals surface area (Å²) >= 11 is 0. The van der Waals surface area contributed by atoms with E-state index in [0.717, 1.165) is 24.8 Å². The van der Waals surface area contributed by atoms with Gasteiger partial charge in [-0.1, -0.05) is 41.5 Å². The molecule has 1 aromatic carbocycles. The number of nitrogens with one attached hydrogen (secondary N) is 1. The second kappa shape index (κ2) is 11.1. The number of hydrogen-bond acceptors (Lipinski definition) is 5. The van der Waals surface area contributed by atoms with Crippen LogP contribution < -0.4 is 5.32 Å². The van der Waals surface area contributed by atoms with Gasteiger partial charge >= 0.3 is 6.09 Å². The van der Waals surface area contributed by atoms with Crippen LogP contribution in [0.25, 0.3) is 0 Å². The lowest BCUT2D eigenvalue weighted by molar-refractivity contribution is -0.384. The molecule has 0 aromatic heterocycles. The van der Waals surface area contributed by atoms with Crippen molar-refractivity contribution in [1.29, 1.82) is 0 Å². The van der Waals surface area contributed by atoms with Gasteiger partial charge < -0.3 is 19.7 Å². The number of carbonyl (C=O) groups is 1. The molecular formula is C23H39N3O5Si. The van der Waals surface area contributed by atoms with E-state index in [0.29, 0.717) is 42.0 Å². The zero-order valence-electron chi connectivity index (χ0n) is 20.3. The lowest BCUT2D eigenvalue weighted by Gasteiger charge is -2.42. The first-order chi connectivity index (χ1) is 15.0. The van der Waals surface area contributed by atoms with Gasteiger partial charge in [0.05, 0.1) is 11.5 Å². The fourth-order valence-electron chi connectivity index (χ4n) is 5.31. The number of amides is 1. The van der Waals surface area contributed by atoms with Gasteiger partial charge in [0, 0.05) is 25.2 Å². The number of likely N-dealkylation sites (tertiary alicyclic amines) is 1. The topological polar surface area (TPSA) is 105 Å². The van der Waals surface area contributed by atoms with E-state index in [4.69, 9.17) is 4.43 Å². The van der Waals surface area contributed by atoms with Gasteiger partial charge in [0.2, 0.25) is 8.32 Å². The Morgan fingerprint density at radius 2 is 1.84 bits per heavy atom. The van der Waals surface area contributed by atoms with Crippen LogP contribution >= 0.6 is 0 Å². The molecule has 1 aliphatic heterocycles. The molecule has 0 spiro atoms. The third kappa shape index (κ3) is 6.01. The lowest BCUT2D eigenvalue weighted by Crippen LogP contribution is -2.47. The zero-order valence-corrected chi connectivity index (χ0v) is 21.3. The number of hydrogen-bond donors (Lipinski definition) is 2. The van der Waals surface area contributed by atoms with Crippen LogP contribution in [0.5, 0.6) is 0 Å². The van der Waals surface area contributed by atoms with Crippen molar-refractivity contribution in [2.24, 2.45) is 0 Å². The zero-order chi connectivity index (χ0) is 24.1. The highest BCUT2D eigenvalue weighted by Gasteiger charge is 2.45. The highest BCUT2D eigenvalue weighted by atomic mass is 28.4. The molecule has 0 radical (unpaired) electrons. The Labute approximate surface area is 192 Å². The number of nitro groups is 1. The third-order valence-corrected chi connectivity index (χ3v) is 12.8. The van der Waals surface area contributed by atoms with E-state index in [1.807, 2.05) is 0 Å². The lowest BCUT2D eigenvalue weighted by atomic mass is 10.1. The molecule has 1 aromatic rings. The van der Waals surface area contributed by atoms with Gasteiger partial charge in [0.1, 0.15) is 5.69 Å². The van der Waals surface area contributed by atoms with Gasteiger partial charge in [0.25, 0.3) is 5.69 Å². The SMILES string of the molecule is CC(C)[Si](OCc1ccc([N+](=O)[O-])c(N[C@@H]2CCCCN(C(=O)O)C2)c1)(C(C)C)C(C)C. The molecule has 9 heteroatoms. The van der Waals surface area contributed by atoms with Crippen LogP contribution in [0.2, 0.25) is 16.6 Å². The Morgan fingerprint density at radius 1 is 1.22 bits per heavy atom. The van der Waals surface area contributed by atoms with E-state index in [1.165, 1.54) is 11.0 Å². The number of rotatable bonds is 9. The number of anilines is 1. The Kier molecular flexibility index (Phi) is 9.09. The summed E-state index contributed by atoms with van der Waals surface area (Å²) in [4.78, 5) is 24.1. The highest BCUT2D eigenvalue weighted by Crippen LogP contribution is 2.43. The van der Waals surface area contributed by atoms with Crippen LogP contribution in [0.4, 0.5) is 16.2 Å². The van der Waals surface area contributed by atoms with Crippen LogP contribution in [0, 0.1) is 10.1 Å². The Hall–Kier alpha value is -2.13. The fraction of sp³-hybridized carbons (Fsp3) is 0.696. The Morgan fingerprint density at radius 3 is 2.38 bits per heavy atom. The van der Waals surface area contributed by atoms with E-state index < -0.39 is 19.3 Å². The normalized spacial score (nSPS) is 17.7. The standard InChI is InChI=1S/C23H39N3O5Si/c1-16(2)32(17(3)4,18(5)6)31-15-19-10-11-22(26(29)30)21(13-19)24-20-9-7-8-12-25(14-20)23(27)28/h10-11,13,16-18,20,24H,7-9,12,14-15H2,1-6H3,(H,27,28)/t20-/m1/s1. The van der Waals surface area contributed by atoms with Gasteiger partial charge in [-0.3, -0.25) is 10.1 Å². The first-order valence-corrected chi connectivity index (χ1v) is 13.8. The minimum absolute atomic E-state index is 0.0000381. The van der Waals surface area contributed by atoms with Crippen molar-refractivity contribution in [2.45, 2.75) is 90.1 Å². The maximum Gasteiger partial charge on any atom is 0.407 e. The maximum atomic E-state index is 11.6. The van der Waals surface area contributed by atoms with Crippen LogP contribution in [-0.2, 0) is 11.0 Å². The van der Waals surface area contributed by atoms with Gasteiger partial charge in [-0.25, -0.2) is 4.79 Å². The van der Waals surface area contributed by atoms with Crippen molar-refractivity contribution in [1.82, 2.24) is 4.90 Å². The van der Waals surface area contributed by atoms with Crippen molar-refractivity contribution in [3.63, 3.8) is 0 Å². The Bertz CT molecular complexity index is 778. The van der Waals surface area contributed by atoms with Crippen LogP contribution in [0.15, 0.2) is 18.2 Å². The van der Waals surface area contributed by atoms with Gasteiger partial charge in [-0.15, -0.1) is 0 Å². The molecule has 2 rings (SSSR count). The minimum Gasteiger partial charge on any atom is -0.465 e. The molecule has 32 heavy (non-hydrogen) atoms. The van der Waals surface area contributed by atoms with E-state index in [9.17, 15) is 20.0 Å². The van der Waals surface area contributed by atoms with E-state index in [2.05, 4.69) is 46.9 Å². The summed E-state index contributed by atoms with van der Waals surface area (Å²) in [6, 6.07) is 4.92. The molecule has 2 N–H and O–H groups in total. The van der Waals surface area contributed by atoms with Crippen LogP contribution in [0.1, 0.15) is 66.4 Å². The second-order valence-corrected chi connectivity index (χ2v) is 15.2. The van der Waals surface area contributed by atoms with Crippen molar-refractivity contribution < 1.29 is 19.3 Å². The summed E-state index contributed by atoms with van der Waals surface area (Å²) in [5, 5.41) is 24.3. The summed E-state index contributed by atoms with van der Waals surface area (Å²) in [5.41, 5.74) is 2.67. The Balaban J connectivity index is 2.27. The fourth-order valence-corrected chi connectivity index (χ4v) is 10.7. The smallest absolute Gasteiger partial charge is 0.407 e. The van der Waals surface area contributed by atoms with Crippen molar-refractivity contribution in [3.05, 3.63) is 33.9 Å². The number of nitrogens with zero attached hydrogens (tertiary/aromatic N) is 2. The molecule has 8 nitrogen and oxygen atoms in total. The molecule has 0 aliphatic carbocycles. The molecular weight excluding hydrogens is 426 g/mol. The number of benzene rings is 1. The average Bonchev–Trinajstić information content (AvgIpc) is 2.93. The first kappa shape index (κ1) is 26.1. The molecule has 0 bridgehead atoms. The summed E-state index contributed by atoms with van der Waals surface area (Å²) in [6.07, 6.45) is 1.50. The summed E-state index contributed by atoms with van der Waals surface area (Å²) < 4.78 is 6.67. The molecule has 1 aliphatic rings. The maximum absolute atomic E-state index is 11.6. The summed E-state index contributed by atoms with van der Waals surface area (Å²) in [5.74, 6) is 0. The monoisotopic (exact) mass is 465 g/mol. The summed E-state index contributed by atoms with van der Waals surface area (Å²) in [7, 11) is -2.06. The van der Waals surface area contributed by atoms with Gasteiger partial charge in [0.15, 0.2) is 0 Å². The third-order valence-electron chi connectivity index (χ3n) is 6.76. The average molecular weight is 466 g/mol. The summed E-state index contributed by atoms with van der Waals surface area (Å²) in [6.45, 7) is 14.6. The van der Waals surface area contributed by atoms with Crippen molar-refractivity contribution >= 4 is 25.8 Å². The second-order valence-electron chi connectivity index (χ2n) is 9.78. The van der Waals surface area contributed by atoms with Crippen molar-refractivity contribution in [2.75, 3.05) is 18.4 Å². The molecule has 1 atom stereocenters. The molecule has 0 unspecified atom stereocenters. The first-order valence-electron chi connectivity index (χ1n) is 11.6. The molecule has 1 amide bonds. The largest absolute Gasteiger partial charge is 0.465 e. The predicted octanol–water partition coefficient (Wildman–Crippen LogP) is 6.23. The minimum atomic E-state index is -2.06. The quantitative estimate of drug-likeness (QED) is 0.254. The highest BCUT2D eigenvalue weighted by molar-refractivity contribution is 6.77. The van der Waals surface area contributed by atoms with E-state index in [-0.39, 0.29) is 11.7 Å². The number of nitro benzene ring substituents is 1. The van der Waals surface area contributed by atoms with Crippen molar-refractivity contribution in [3.8, 4) is 0 Å². The molecule has 0 saturated carbocycles. The van der Waals surface area contributed by atoms with Gasteiger partial charge in [-0.05, 0) is 53.6 Å². The van der Waals surface area contributed by atoms with E-state index >= 15 is 0 Å². The molecule has 1 saturated heterocycles.